The number of hydrogen-bond donors (Lipinski definition) is 0. The van der Waals surface area contributed by atoms with Gasteiger partial charge >= 0.3 is 0 Å². The van der Waals surface area contributed by atoms with Crippen LogP contribution in [0.25, 0.3) is 0 Å². The van der Waals surface area contributed by atoms with Crippen LogP contribution in [-0.2, 0) is 9.16 Å². The summed E-state index contributed by atoms with van der Waals surface area (Å²) in [6.07, 6.45) is 0. The molecule has 0 amide bonds. The molecule has 0 saturated carbocycles. The van der Waals surface area contributed by atoms with Crippen molar-refractivity contribution < 1.29 is 9.16 Å². The van der Waals surface area contributed by atoms with Crippen molar-refractivity contribution in [3.63, 3.8) is 0 Å². The first kappa shape index (κ1) is 9.88. The zero-order valence-corrected chi connectivity index (χ0v) is 7.95. The van der Waals surface area contributed by atoms with E-state index in [4.69, 9.17) is 9.16 Å². The molecule has 0 spiro atoms. The molecule has 0 aliphatic heterocycles. The molecule has 0 aliphatic carbocycles. The SMILES string of the molecule is C=C[SiH](CC)OCCOC. The van der Waals surface area contributed by atoms with Gasteiger partial charge in [0.2, 0.25) is 0 Å². The van der Waals surface area contributed by atoms with Gasteiger partial charge in [-0.05, 0) is 6.04 Å². The second kappa shape index (κ2) is 6.99. The fourth-order valence-electron chi connectivity index (χ4n) is 0.635. The topological polar surface area (TPSA) is 18.5 Å². The maximum Gasteiger partial charge on any atom is 0.200 e. The minimum atomic E-state index is -1.04. The van der Waals surface area contributed by atoms with Gasteiger partial charge in [-0.2, -0.15) is 0 Å². The lowest BCUT2D eigenvalue weighted by molar-refractivity contribution is 0.147. The Labute approximate surface area is 64.6 Å². The predicted molar refractivity (Wildman–Crippen MR) is 45.7 cm³/mol. The average Bonchev–Trinajstić information content (AvgIpc) is 1.99. The van der Waals surface area contributed by atoms with Crippen molar-refractivity contribution in [2.24, 2.45) is 0 Å². The minimum absolute atomic E-state index is 0.692. The summed E-state index contributed by atoms with van der Waals surface area (Å²) in [7, 11) is 0.641. The third-order valence-corrected chi connectivity index (χ3v) is 3.28. The van der Waals surface area contributed by atoms with Gasteiger partial charge in [0.25, 0.3) is 0 Å². The van der Waals surface area contributed by atoms with Gasteiger partial charge in [-0.15, -0.1) is 6.58 Å². The van der Waals surface area contributed by atoms with Gasteiger partial charge < -0.3 is 9.16 Å². The second-order valence-corrected chi connectivity index (χ2v) is 4.74. The van der Waals surface area contributed by atoms with Crippen LogP contribution >= 0.6 is 0 Å². The minimum Gasteiger partial charge on any atom is -0.414 e. The van der Waals surface area contributed by atoms with Gasteiger partial charge in [0.15, 0.2) is 9.04 Å². The highest BCUT2D eigenvalue weighted by molar-refractivity contribution is 6.57. The molecule has 0 aromatic rings. The zero-order valence-electron chi connectivity index (χ0n) is 6.80. The first-order chi connectivity index (χ1) is 4.85. The number of rotatable bonds is 6. The molecule has 0 N–H and O–H groups in total. The molecule has 0 fully saturated rings. The van der Waals surface area contributed by atoms with Crippen LogP contribution in [0.3, 0.4) is 0 Å². The van der Waals surface area contributed by atoms with E-state index >= 15 is 0 Å². The highest BCUT2D eigenvalue weighted by atomic mass is 28.3. The molecule has 0 saturated heterocycles. The quantitative estimate of drug-likeness (QED) is 0.428. The van der Waals surface area contributed by atoms with Crippen molar-refractivity contribution in [1.29, 1.82) is 0 Å². The molecule has 2 nitrogen and oxygen atoms in total. The summed E-state index contributed by atoms with van der Waals surface area (Å²) in [5.74, 6) is 0. The van der Waals surface area contributed by atoms with Gasteiger partial charge in [-0.1, -0.05) is 12.6 Å². The van der Waals surface area contributed by atoms with Gasteiger partial charge in [0, 0.05) is 7.11 Å². The Bertz CT molecular complexity index is 85.7. The van der Waals surface area contributed by atoms with Crippen LogP contribution in [0.2, 0.25) is 6.04 Å². The van der Waals surface area contributed by atoms with E-state index < -0.39 is 9.04 Å². The summed E-state index contributed by atoms with van der Waals surface area (Å²) in [6.45, 7) is 7.24. The Morgan fingerprint density at radius 2 is 2.20 bits per heavy atom. The normalized spacial score (nSPS) is 13.0. The van der Waals surface area contributed by atoms with Crippen LogP contribution in [0.15, 0.2) is 12.3 Å². The van der Waals surface area contributed by atoms with Crippen LogP contribution in [0.4, 0.5) is 0 Å². The largest absolute Gasteiger partial charge is 0.414 e. The Morgan fingerprint density at radius 3 is 2.60 bits per heavy atom. The van der Waals surface area contributed by atoms with E-state index in [1.54, 1.807) is 7.11 Å². The first-order valence-corrected chi connectivity index (χ1v) is 5.53. The molecule has 0 aromatic heterocycles. The molecule has 0 heterocycles. The van der Waals surface area contributed by atoms with Crippen molar-refractivity contribution in [2.45, 2.75) is 13.0 Å². The molecular weight excluding hydrogens is 144 g/mol. The number of methoxy groups -OCH3 is 1. The molecule has 1 unspecified atom stereocenters. The smallest absolute Gasteiger partial charge is 0.200 e. The van der Waals surface area contributed by atoms with Crippen molar-refractivity contribution in [3.8, 4) is 0 Å². The Hall–Kier alpha value is -0.123. The fourth-order valence-corrected chi connectivity index (χ4v) is 1.74. The van der Waals surface area contributed by atoms with E-state index in [9.17, 15) is 0 Å². The molecule has 1 atom stereocenters. The number of ether oxygens (including phenoxy) is 1. The van der Waals surface area contributed by atoms with Crippen molar-refractivity contribution in [1.82, 2.24) is 0 Å². The lowest BCUT2D eigenvalue weighted by Crippen LogP contribution is -2.16. The molecule has 0 aliphatic rings. The van der Waals surface area contributed by atoms with Crippen LogP contribution in [0, 0.1) is 0 Å². The van der Waals surface area contributed by atoms with E-state index in [2.05, 4.69) is 13.5 Å². The average molecular weight is 160 g/mol. The van der Waals surface area contributed by atoms with E-state index in [1.165, 1.54) is 0 Å². The second-order valence-electron chi connectivity index (χ2n) is 2.05. The molecule has 0 bridgehead atoms. The van der Waals surface area contributed by atoms with Crippen molar-refractivity contribution in [3.05, 3.63) is 12.3 Å². The molecule has 10 heavy (non-hydrogen) atoms. The summed E-state index contributed by atoms with van der Waals surface area (Å²) < 4.78 is 10.3. The van der Waals surface area contributed by atoms with Crippen LogP contribution in [0.1, 0.15) is 6.92 Å². The molecule has 3 heteroatoms. The molecule has 0 radical (unpaired) electrons. The highest BCUT2D eigenvalue weighted by Gasteiger charge is 2.01. The molecule has 0 aromatic carbocycles. The van der Waals surface area contributed by atoms with E-state index in [0.717, 1.165) is 6.04 Å². The molecule has 60 valence electrons. The standard InChI is InChI=1S/C7H16O2Si/c1-4-10(5-2)9-7-6-8-3/h4,10H,1,5-7H2,2-3H3. The van der Waals surface area contributed by atoms with Crippen LogP contribution in [-0.4, -0.2) is 29.4 Å². The summed E-state index contributed by atoms with van der Waals surface area (Å²) in [6, 6.07) is 1.12. The van der Waals surface area contributed by atoms with E-state index in [-0.39, 0.29) is 0 Å². The Kier molecular flexibility index (Phi) is 6.90. The van der Waals surface area contributed by atoms with Crippen LogP contribution in [0.5, 0.6) is 0 Å². The monoisotopic (exact) mass is 160 g/mol. The maximum absolute atomic E-state index is 5.48. The first-order valence-electron chi connectivity index (χ1n) is 3.58. The van der Waals surface area contributed by atoms with Gasteiger partial charge in [0.05, 0.1) is 13.2 Å². The van der Waals surface area contributed by atoms with E-state index in [0.29, 0.717) is 13.2 Å². The number of hydrogen-bond acceptors (Lipinski definition) is 2. The summed E-state index contributed by atoms with van der Waals surface area (Å²) in [5.41, 5.74) is 1.95. The Morgan fingerprint density at radius 1 is 1.50 bits per heavy atom. The highest BCUT2D eigenvalue weighted by Crippen LogP contribution is 1.93. The summed E-state index contributed by atoms with van der Waals surface area (Å²) >= 11 is 0. The van der Waals surface area contributed by atoms with Crippen molar-refractivity contribution >= 4 is 9.04 Å². The van der Waals surface area contributed by atoms with Crippen LogP contribution < -0.4 is 0 Å². The lowest BCUT2D eigenvalue weighted by Gasteiger charge is -2.08. The third kappa shape index (κ3) is 4.73. The van der Waals surface area contributed by atoms with Crippen molar-refractivity contribution in [2.75, 3.05) is 20.3 Å². The zero-order chi connectivity index (χ0) is 7.82. The molecule has 0 rings (SSSR count). The van der Waals surface area contributed by atoms with Gasteiger partial charge in [-0.3, -0.25) is 0 Å². The van der Waals surface area contributed by atoms with Gasteiger partial charge in [-0.25, -0.2) is 0 Å². The summed E-state index contributed by atoms with van der Waals surface area (Å²) in [5, 5.41) is 0. The third-order valence-electron chi connectivity index (χ3n) is 1.28. The van der Waals surface area contributed by atoms with Gasteiger partial charge in [0.1, 0.15) is 0 Å². The fraction of sp³-hybridized carbons (Fsp3) is 0.714. The lowest BCUT2D eigenvalue weighted by atomic mass is 10.8. The maximum atomic E-state index is 5.48. The Balaban J connectivity index is 3.17. The predicted octanol–water partition coefficient (Wildman–Crippen LogP) is 1.12. The molecular formula is C7H16O2Si. The summed E-state index contributed by atoms with van der Waals surface area (Å²) in [4.78, 5) is 0. The van der Waals surface area contributed by atoms with E-state index in [1.807, 2.05) is 5.70 Å².